The van der Waals surface area contributed by atoms with E-state index >= 15 is 0 Å². The summed E-state index contributed by atoms with van der Waals surface area (Å²) in [5.41, 5.74) is 1.14. The van der Waals surface area contributed by atoms with Gasteiger partial charge in [-0.15, -0.1) is 0 Å². The smallest absolute Gasteiger partial charge is 0.244 e. The van der Waals surface area contributed by atoms with E-state index in [1.165, 1.54) is 4.90 Å². The second-order valence-corrected chi connectivity index (χ2v) is 11.4. The fraction of sp³-hybridized carbons (Fsp3) is 0.417. The zero-order valence-electron chi connectivity index (χ0n) is 19.8. The summed E-state index contributed by atoms with van der Waals surface area (Å²) in [7, 11) is -3.76. The number of halogens is 2. The molecule has 0 unspecified atom stereocenters. The first kappa shape index (κ1) is 28.1. The van der Waals surface area contributed by atoms with Crippen molar-refractivity contribution in [2.45, 2.75) is 52.2 Å². The molecule has 0 bridgehead atoms. The minimum Gasteiger partial charge on any atom is -0.352 e. The minimum absolute atomic E-state index is 0.0516. The highest BCUT2D eigenvalue weighted by Gasteiger charge is 2.32. The lowest BCUT2D eigenvalue weighted by molar-refractivity contribution is -0.140. The van der Waals surface area contributed by atoms with Gasteiger partial charge in [-0.25, -0.2) is 8.42 Å². The molecule has 7 nitrogen and oxygen atoms in total. The molecule has 2 amide bonds. The Balaban J connectivity index is 2.41. The van der Waals surface area contributed by atoms with Crippen LogP contribution in [0.2, 0.25) is 5.02 Å². The molecular formula is C24H31BrClN3O4S. The third-order valence-corrected chi connectivity index (χ3v) is 7.37. The number of hydrogen-bond acceptors (Lipinski definition) is 4. The van der Waals surface area contributed by atoms with Crippen LogP contribution in [-0.4, -0.2) is 50.0 Å². The average molecular weight is 573 g/mol. The molecule has 0 aliphatic heterocycles. The molecule has 0 saturated carbocycles. The second-order valence-electron chi connectivity index (χ2n) is 8.14. The maximum absolute atomic E-state index is 13.6. The van der Waals surface area contributed by atoms with Gasteiger partial charge < -0.3 is 10.2 Å². The SMILES string of the molecule is CC[C@H](C(=O)N[C@@H](C)CC)N(Cc1ccc(Cl)cc1)C(=O)CN(c1ccc(Br)cc1)S(C)(=O)=O. The zero-order chi connectivity index (χ0) is 25.5. The summed E-state index contributed by atoms with van der Waals surface area (Å²) in [4.78, 5) is 28.1. The van der Waals surface area contributed by atoms with Crippen LogP contribution < -0.4 is 9.62 Å². The van der Waals surface area contributed by atoms with Gasteiger partial charge >= 0.3 is 0 Å². The van der Waals surface area contributed by atoms with Crippen LogP contribution in [0.1, 0.15) is 39.2 Å². The van der Waals surface area contributed by atoms with Crippen LogP contribution in [0.15, 0.2) is 53.0 Å². The Hall–Kier alpha value is -2.10. The van der Waals surface area contributed by atoms with E-state index in [-0.39, 0.29) is 18.5 Å². The number of nitrogens with one attached hydrogen (secondary N) is 1. The van der Waals surface area contributed by atoms with Crippen LogP contribution >= 0.6 is 27.5 Å². The van der Waals surface area contributed by atoms with E-state index in [4.69, 9.17) is 11.6 Å². The summed E-state index contributed by atoms with van der Waals surface area (Å²) in [5, 5.41) is 3.50. The standard InChI is InChI=1S/C24H31BrClN3O4S/c1-5-17(3)27-24(31)22(6-2)28(15-18-7-11-20(26)12-8-18)23(30)16-29(34(4,32)33)21-13-9-19(25)10-14-21/h7-14,17,22H,5-6,15-16H2,1-4H3,(H,27,31)/t17-,22+/m0/s1. The number of benzene rings is 2. The molecule has 0 aromatic heterocycles. The molecule has 0 aliphatic carbocycles. The van der Waals surface area contributed by atoms with Gasteiger partial charge in [0, 0.05) is 22.1 Å². The van der Waals surface area contributed by atoms with Gasteiger partial charge in [0.05, 0.1) is 11.9 Å². The molecule has 2 aromatic rings. The minimum atomic E-state index is -3.76. The number of anilines is 1. The molecule has 34 heavy (non-hydrogen) atoms. The van der Waals surface area contributed by atoms with E-state index in [0.717, 1.165) is 27.0 Å². The third kappa shape index (κ3) is 7.99. The Kier molecular flexibility index (Phi) is 10.4. The fourth-order valence-corrected chi connectivity index (χ4v) is 4.61. The Bertz CT molecular complexity index is 1080. The summed E-state index contributed by atoms with van der Waals surface area (Å²) >= 11 is 9.33. The van der Waals surface area contributed by atoms with Gasteiger partial charge in [0.1, 0.15) is 12.6 Å². The van der Waals surface area contributed by atoms with Crippen LogP contribution in [0.5, 0.6) is 0 Å². The highest BCUT2D eigenvalue weighted by atomic mass is 79.9. The van der Waals surface area contributed by atoms with Gasteiger partial charge in [0.2, 0.25) is 21.8 Å². The summed E-state index contributed by atoms with van der Waals surface area (Å²) < 4.78 is 27.0. The van der Waals surface area contributed by atoms with Crippen molar-refractivity contribution in [3.05, 3.63) is 63.6 Å². The summed E-state index contributed by atoms with van der Waals surface area (Å²) in [5.74, 6) is -0.747. The molecule has 2 aromatic carbocycles. The molecule has 0 radical (unpaired) electrons. The molecule has 0 heterocycles. The lowest BCUT2D eigenvalue weighted by Crippen LogP contribution is -2.53. The predicted octanol–water partition coefficient (Wildman–Crippen LogP) is 4.59. The Morgan fingerprint density at radius 1 is 1.03 bits per heavy atom. The van der Waals surface area contributed by atoms with Crippen molar-refractivity contribution in [3.8, 4) is 0 Å². The Morgan fingerprint density at radius 3 is 2.12 bits per heavy atom. The van der Waals surface area contributed by atoms with Crippen molar-refractivity contribution in [1.29, 1.82) is 0 Å². The molecule has 1 N–H and O–H groups in total. The first-order valence-corrected chi connectivity index (χ1v) is 14.1. The number of hydrogen-bond donors (Lipinski definition) is 1. The normalized spacial score (nSPS) is 13.1. The van der Waals surface area contributed by atoms with Gasteiger partial charge in [-0.2, -0.15) is 0 Å². The van der Waals surface area contributed by atoms with Gasteiger partial charge in [-0.3, -0.25) is 13.9 Å². The molecule has 10 heteroatoms. The van der Waals surface area contributed by atoms with Crippen molar-refractivity contribution < 1.29 is 18.0 Å². The Labute approximate surface area is 215 Å². The summed E-state index contributed by atoms with van der Waals surface area (Å²) in [6.45, 7) is 5.40. The lowest BCUT2D eigenvalue weighted by Gasteiger charge is -2.33. The highest BCUT2D eigenvalue weighted by molar-refractivity contribution is 9.10. The van der Waals surface area contributed by atoms with Gasteiger partial charge in [0.15, 0.2) is 0 Å². The first-order valence-electron chi connectivity index (χ1n) is 11.0. The Morgan fingerprint density at radius 2 is 1.62 bits per heavy atom. The second kappa shape index (κ2) is 12.6. The predicted molar refractivity (Wildman–Crippen MR) is 140 cm³/mol. The molecular weight excluding hydrogens is 542 g/mol. The molecule has 2 rings (SSSR count). The van der Waals surface area contributed by atoms with Gasteiger partial charge in [-0.1, -0.05) is 53.5 Å². The van der Waals surface area contributed by atoms with Gasteiger partial charge in [-0.05, 0) is 61.7 Å². The molecule has 2 atom stereocenters. The van der Waals surface area contributed by atoms with Crippen molar-refractivity contribution >= 4 is 55.1 Å². The molecule has 0 spiro atoms. The van der Waals surface area contributed by atoms with Crippen molar-refractivity contribution in [2.75, 3.05) is 17.1 Å². The van der Waals surface area contributed by atoms with E-state index in [1.54, 1.807) is 48.5 Å². The van der Waals surface area contributed by atoms with Crippen molar-refractivity contribution in [3.63, 3.8) is 0 Å². The number of rotatable bonds is 11. The highest BCUT2D eigenvalue weighted by Crippen LogP contribution is 2.22. The van der Waals surface area contributed by atoms with Crippen LogP contribution in [0.25, 0.3) is 0 Å². The monoisotopic (exact) mass is 571 g/mol. The molecule has 0 fully saturated rings. The number of sulfonamides is 1. The van der Waals surface area contributed by atoms with E-state index in [9.17, 15) is 18.0 Å². The molecule has 0 saturated heterocycles. The van der Waals surface area contributed by atoms with E-state index in [1.807, 2.05) is 20.8 Å². The topological polar surface area (TPSA) is 86.8 Å². The maximum Gasteiger partial charge on any atom is 0.244 e. The van der Waals surface area contributed by atoms with E-state index < -0.39 is 28.5 Å². The van der Waals surface area contributed by atoms with Crippen LogP contribution in [0.4, 0.5) is 5.69 Å². The quantitative estimate of drug-likeness (QED) is 0.427. The largest absolute Gasteiger partial charge is 0.352 e. The molecule has 0 aliphatic rings. The number of carbonyl (C=O) groups excluding carboxylic acids is 2. The van der Waals surface area contributed by atoms with Gasteiger partial charge in [0.25, 0.3) is 0 Å². The van der Waals surface area contributed by atoms with Crippen LogP contribution in [0.3, 0.4) is 0 Å². The van der Waals surface area contributed by atoms with Crippen LogP contribution in [0, 0.1) is 0 Å². The fourth-order valence-electron chi connectivity index (χ4n) is 3.37. The summed E-state index contributed by atoms with van der Waals surface area (Å²) in [6.07, 6.45) is 2.18. The lowest BCUT2D eigenvalue weighted by atomic mass is 10.1. The number of amides is 2. The first-order chi connectivity index (χ1) is 16.0. The molecule has 186 valence electrons. The maximum atomic E-state index is 13.6. The van der Waals surface area contributed by atoms with Crippen LogP contribution in [-0.2, 0) is 26.2 Å². The van der Waals surface area contributed by atoms with Crippen molar-refractivity contribution in [1.82, 2.24) is 10.2 Å². The van der Waals surface area contributed by atoms with E-state index in [2.05, 4.69) is 21.2 Å². The summed E-state index contributed by atoms with van der Waals surface area (Å²) in [6, 6.07) is 12.8. The number of nitrogens with zero attached hydrogens (tertiary/aromatic N) is 2. The average Bonchev–Trinajstić information content (AvgIpc) is 2.78. The number of carbonyl (C=O) groups is 2. The zero-order valence-corrected chi connectivity index (χ0v) is 23.0. The third-order valence-electron chi connectivity index (χ3n) is 5.45. The van der Waals surface area contributed by atoms with Crippen molar-refractivity contribution in [2.24, 2.45) is 0 Å². The van der Waals surface area contributed by atoms with E-state index in [0.29, 0.717) is 17.1 Å².